The van der Waals surface area contributed by atoms with Gasteiger partial charge in [-0.2, -0.15) is 0 Å². The second-order valence-corrected chi connectivity index (χ2v) is 5.93. The second-order valence-electron chi connectivity index (χ2n) is 5.93. The lowest BCUT2D eigenvalue weighted by Gasteiger charge is -2.29. The van der Waals surface area contributed by atoms with Crippen LogP contribution in [0.3, 0.4) is 0 Å². The third kappa shape index (κ3) is 3.33. The van der Waals surface area contributed by atoms with E-state index in [2.05, 4.69) is 35.2 Å². The first-order chi connectivity index (χ1) is 11.2. The highest BCUT2D eigenvalue weighted by Crippen LogP contribution is 2.27. The van der Waals surface area contributed by atoms with Crippen molar-refractivity contribution in [1.29, 1.82) is 0 Å². The summed E-state index contributed by atoms with van der Waals surface area (Å²) in [4.78, 5) is 23.1. The van der Waals surface area contributed by atoms with Gasteiger partial charge in [0.1, 0.15) is 17.8 Å². The van der Waals surface area contributed by atoms with Gasteiger partial charge in [0, 0.05) is 24.3 Å². The van der Waals surface area contributed by atoms with Crippen LogP contribution in [0.1, 0.15) is 42.7 Å². The fourth-order valence-electron chi connectivity index (χ4n) is 2.79. The van der Waals surface area contributed by atoms with Crippen LogP contribution in [0.15, 0.2) is 36.7 Å². The van der Waals surface area contributed by atoms with Gasteiger partial charge in [0.25, 0.3) is 5.91 Å². The van der Waals surface area contributed by atoms with E-state index in [1.165, 1.54) is 11.9 Å². The summed E-state index contributed by atoms with van der Waals surface area (Å²) in [6.45, 7) is 4.92. The van der Waals surface area contributed by atoms with Gasteiger partial charge in [-0.3, -0.25) is 4.79 Å². The summed E-state index contributed by atoms with van der Waals surface area (Å²) in [7, 11) is 0. The molecule has 5 heteroatoms. The molecule has 5 nitrogen and oxygen atoms in total. The number of nitrogens with zero attached hydrogens (tertiary/aromatic N) is 3. The van der Waals surface area contributed by atoms with Crippen molar-refractivity contribution in [2.75, 3.05) is 16.8 Å². The van der Waals surface area contributed by atoms with Gasteiger partial charge in [-0.15, -0.1) is 0 Å². The Labute approximate surface area is 136 Å². The molecule has 1 aromatic carbocycles. The van der Waals surface area contributed by atoms with Gasteiger partial charge < -0.3 is 10.2 Å². The van der Waals surface area contributed by atoms with Crippen molar-refractivity contribution >= 4 is 17.4 Å². The molecule has 1 N–H and O–H groups in total. The number of carbonyl (C=O) groups excluding carboxylic acids is 1. The van der Waals surface area contributed by atoms with Gasteiger partial charge in [-0.25, -0.2) is 9.97 Å². The Kier molecular flexibility index (Phi) is 4.55. The van der Waals surface area contributed by atoms with Crippen LogP contribution in [0.5, 0.6) is 0 Å². The van der Waals surface area contributed by atoms with Gasteiger partial charge in [0.15, 0.2) is 0 Å². The number of aryl methyl sites for hydroxylation is 1. The molecule has 0 saturated heterocycles. The van der Waals surface area contributed by atoms with Crippen LogP contribution < -0.4 is 10.2 Å². The Morgan fingerprint density at radius 3 is 3.00 bits per heavy atom. The Balaban J connectivity index is 1.85. The van der Waals surface area contributed by atoms with Crippen molar-refractivity contribution in [2.24, 2.45) is 0 Å². The van der Waals surface area contributed by atoms with Gasteiger partial charge in [0.2, 0.25) is 0 Å². The van der Waals surface area contributed by atoms with Gasteiger partial charge in [0.05, 0.1) is 0 Å². The molecule has 1 aromatic heterocycles. The maximum atomic E-state index is 12.9. The zero-order chi connectivity index (χ0) is 16.2. The SMILES string of the molecule is CCC(C)Nc1cc(C(=O)N2CCCc3ccccc32)ncn1. The van der Waals surface area contributed by atoms with E-state index in [1.54, 1.807) is 6.07 Å². The molecule has 0 aliphatic carbocycles. The highest BCUT2D eigenvalue weighted by atomic mass is 16.2. The largest absolute Gasteiger partial charge is 0.368 e. The quantitative estimate of drug-likeness (QED) is 0.941. The van der Waals surface area contributed by atoms with Crippen LogP contribution in [0.2, 0.25) is 0 Å². The number of anilines is 2. The molecular weight excluding hydrogens is 288 g/mol. The first-order valence-corrected chi connectivity index (χ1v) is 8.17. The van der Waals surface area contributed by atoms with E-state index in [1.807, 2.05) is 23.1 Å². The average molecular weight is 310 g/mol. The first-order valence-electron chi connectivity index (χ1n) is 8.17. The van der Waals surface area contributed by atoms with Crippen molar-refractivity contribution in [3.05, 3.63) is 47.9 Å². The standard InChI is InChI=1S/C18H22N4O/c1-3-13(2)21-17-11-15(19-12-20-17)18(23)22-10-6-8-14-7-4-5-9-16(14)22/h4-5,7,9,11-13H,3,6,8,10H2,1-2H3,(H,19,20,21). The number of hydrogen-bond acceptors (Lipinski definition) is 4. The van der Waals surface area contributed by atoms with Crippen LogP contribution in [0, 0.1) is 0 Å². The smallest absolute Gasteiger partial charge is 0.277 e. The highest BCUT2D eigenvalue weighted by molar-refractivity contribution is 6.05. The molecule has 1 atom stereocenters. The number of hydrogen-bond donors (Lipinski definition) is 1. The zero-order valence-electron chi connectivity index (χ0n) is 13.6. The van der Waals surface area contributed by atoms with Crippen LogP contribution in [-0.4, -0.2) is 28.5 Å². The monoisotopic (exact) mass is 310 g/mol. The van der Waals surface area contributed by atoms with Crippen molar-refractivity contribution in [2.45, 2.75) is 39.2 Å². The maximum Gasteiger partial charge on any atom is 0.277 e. The summed E-state index contributed by atoms with van der Waals surface area (Å²) in [5.41, 5.74) is 2.65. The Morgan fingerprint density at radius 2 is 2.17 bits per heavy atom. The summed E-state index contributed by atoms with van der Waals surface area (Å²) < 4.78 is 0. The fourth-order valence-corrected chi connectivity index (χ4v) is 2.79. The molecule has 0 bridgehead atoms. The highest BCUT2D eigenvalue weighted by Gasteiger charge is 2.24. The van der Waals surface area contributed by atoms with Crippen molar-refractivity contribution in [3.63, 3.8) is 0 Å². The third-order valence-corrected chi connectivity index (χ3v) is 4.25. The lowest BCUT2D eigenvalue weighted by molar-refractivity contribution is 0.0980. The van der Waals surface area contributed by atoms with Crippen LogP contribution in [-0.2, 0) is 6.42 Å². The van der Waals surface area contributed by atoms with Gasteiger partial charge in [-0.1, -0.05) is 25.1 Å². The van der Waals surface area contributed by atoms with E-state index in [-0.39, 0.29) is 5.91 Å². The molecule has 0 spiro atoms. The van der Waals surface area contributed by atoms with Crippen molar-refractivity contribution in [1.82, 2.24) is 9.97 Å². The van der Waals surface area contributed by atoms with E-state index in [0.717, 1.165) is 31.5 Å². The van der Waals surface area contributed by atoms with E-state index < -0.39 is 0 Å². The lowest BCUT2D eigenvalue weighted by Crippen LogP contribution is -2.36. The summed E-state index contributed by atoms with van der Waals surface area (Å²) in [5.74, 6) is 0.634. The average Bonchev–Trinajstić information content (AvgIpc) is 2.60. The van der Waals surface area contributed by atoms with Gasteiger partial charge >= 0.3 is 0 Å². The normalized spacial score (nSPS) is 15.0. The molecule has 0 fully saturated rings. The van der Waals surface area contributed by atoms with E-state index in [9.17, 15) is 4.79 Å². The van der Waals surface area contributed by atoms with E-state index in [4.69, 9.17) is 0 Å². The number of amides is 1. The third-order valence-electron chi connectivity index (χ3n) is 4.25. The molecule has 23 heavy (non-hydrogen) atoms. The summed E-state index contributed by atoms with van der Waals surface area (Å²) >= 11 is 0. The summed E-state index contributed by atoms with van der Waals surface area (Å²) in [5, 5.41) is 3.29. The number of carbonyl (C=O) groups is 1. The minimum absolute atomic E-state index is 0.0632. The predicted octanol–water partition coefficient (Wildman–Crippen LogP) is 3.28. The maximum absolute atomic E-state index is 12.9. The molecule has 2 heterocycles. The molecule has 3 rings (SSSR count). The Hall–Kier alpha value is -2.43. The topological polar surface area (TPSA) is 58.1 Å². The van der Waals surface area contributed by atoms with Crippen molar-refractivity contribution < 1.29 is 4.79 Å². The fraction of sp³-hybridized carbons (Fsp3) is 0.389. The number of benzene rings is 1. The molecule has 2 aromatic rings. The second kappa shape index (κ2) is 6.77. The van der Waals surface area contributed by atoms with Crippen LogP contribution >= 0.6 is 0 Å². The Morgan fingerprint density at radius 1 is 1.35 bits per heavy atom. The molecule has 120 valence electrons. The lowest BCUT2D eigenvalue weighted by atomic mass is 10.0. The number of fused-ring (bicyclic) bond motifs is 1. The minimum Gasteiger partial charge on any atom is -0.368 e. The van der Waals surface area contributed by atoms with Crippen molar-refractivity contribution in [3.8, 4) is 0 Å². The molecule has 0 saturated carbocycles. The molecule has 1 amide bonds. The minimum atomic E-state index is -0.0632. The molecule has 1 aliphatic rings. The predicted molar refractivity (Wildman–Crippen MR) is 91.8 cm³/mol. The number of para-hydroxylation sites is 1. The summed E-state index contributed by atoms with van der Waals surface area (Å²) in [6, 6.07) is 10.1. The Bertz CT molecular complexity index is 701. The zero-order valence-corrected chi connectivity index (χ0v) is 13.6. The first kappa shape index (κ1) is 15.5. The number of rotatable bonds is 4. The molecule has 0 radical (unpaired) electrons. The van der Waals surface area contributed by atoms with E-state index in [0.29, 0.717) is 17.6 Å². The number of aromatic nitrogens is 2. The van der Waals surface area contributed by atoms with Crippen LogP contribution in [0.4, 0.5) is 11.5 Å². The molecule has 1 aliphatic heterocycles. The summed E-state index contributed by atoms with van der Waals surface area (Å²) in [6.07, 6.45) is 4.44. The van der Waals surface area contributed by atoms with Gasteiger partial charge in [-0.05, 0) is 37.8 Å². The molecule has 1 unspecified atom stereocenters. The van der Waals surface area contributed by atoms with Crippen LogP contribution in [0.25, 0.3) is 0 Å². The van der Waals surface area contributed by atoms with E-state index >= 15 is 0 Å². The molecular formula is C18H22N4O. The number of nitrogens with one attached hydrogen (secondary N) is 1.